The molecule has 0 radical (unpaired) electrons. The zero-order valence-electron chi connectivity index (χ0n) is 13.8. The summed E-state index contributed by atoms with van der Waals surface area (Å²) in [6.45, 7) is 0.745. The second kappa shape index (κ2) is 5.63. The fourth-order valence-corrected chi connectivity index (χ4v) is 4.44. The second-order valence-electron chi connectivity index (χ2n) is 6.70. The van der Waals surface area contributed by atoms with E-state index in [0.29, 0.717) is 24.3 Å². The second-order valence-corrected chi connectivity index (χ2v) is 6.70. The summed E-state index contributed by atoms with van der Waals surface area (Å²) in [5.41, 5.74) is 0.570. The highest BCUT2D eigenvalue weighted by Gasteiger charge is 2.61. The molecule has 3 rings (SSSR count). The summed E-state index contributed by atoms with van der Waals surface area (Å²) >= 11 is 0. The molecule has 1 aliphatic heterocycles. The molecule has 0 aromatic heterocycles. The van der Waals surface area contributed by atoms with Crippen LogP contribution in [0.15, 0.2) is 18.2 Å². The van der Waals surface area contributed by atoms with Crippen molar-refractivity contribution in [3.05, 3.63) is 23.8 Å². The van der Waals surface area contributed by atoms with Crippen molar-refractivity contribution >= 4 is 0 Å². The number of aliphatic hydroxyl groups excluding tert-OH is 1. The van der Waals surface area contributed by atoms with Gasteiger partial charge in [-0.1, -0.05) is 6.07 Å². The largest absolute Gasteiger partial charge is 0.493 e. The van der Waals surface area contributed by atoms with Gasteiger partial charge in [0.25, 0.3) is 0 Å². The number of aliphatic hydroxyl groups is 3. The maximum Gasteiger partial charge on any atom is 0.206 e. The van der Waals surface area contributed by atoms with E-state index in [9.17, 15) is 15.3 Å². The number of fused-ring (bicyclic) bond motifs is 1. The van der Waals surface area contributed by atoms with Crippen LogP contribution in [0.1, 0.15) is 24.8 Å². The van der Waals surface area contributed by atoms with Crippen molar-refractivity contribution < 1.29 is 24.8 Å². The first kappa shape index (κ1) is 16.5. The first-order valence-corrected chi connectivity index (χ1v) is 7.92. The highest BCUT2D eigenvalue weighted by molar-refractivity contribution is 5.47. The van der Waals surface area contributed by atoms with Gasteiger partial charge >= 0.3 is 0 Å². The highest BCUT2D eigenvalue weighted by atomic mass is 16.5. The molecule has 6 nitrogen and oxygen atoms in total. The maximum absolute atomic E-state index is 10.5. The van der Waals surface area contributed by atoms with Gasteiger partial charge in [0.1, 0.15) is 6.10 Å². The minimum atomic E-state index is -2.13. The number of rotatable bonds is 3. The van der Waals surface area contributed by atoms with Crippen LogP contribution in [0.25, 0.3) is 0 Å². The molecule has 0 bridgehead atoms. The number of hydrogen-bond acceptors (Lipinski definition) is 6. The number of nitrogens with zero attached hydrogens (tertiary/aromatic N) is 1. The summed E-state index contributed by atoms with van der Waals surface area (Å²) in [5.74, 6) is -0.859. The third-order valence-corrected chi connectivity index (χ3v) is 5.59. The van der Waals surface area contributed by atoms with E-state index >= 15 is 0 Å². The molecule has 128 valence electrons. The summed E-state index contributed by atoms with van der Waals surface area (Å²) in [7, 11) is 5.04. The SMILES string of the molecule is COc1ccc([C@@]23CCC(O)C(O)(O)C2N(C)CC3)cc1OC. The Hall–Kier alpha value is -1.34. The molecule has 2 unspecified atom stereocenters. The lowest BCUT2D eigenvalue weighted by Gasteiger charge is -2.50. The summed E-state index contributed by atoms with van der Waals surface area (Å²) in [4.78, 5) is 1.93. The van der Waals surface area contributed by atoms with Crippen molar-refractivity contribution in [2.75, 3.05) is 27.8 Å². The lowest BCUT2D eigenvalue weighted by atomic mass is 9.63. The Morgan fingerprint density at radius 2 is 1.83 bits per heavy atom. The van der Waals surface area contributed by atoms with Crippen LogP contribution in [0.3, 0.4) is 0 Å². The lowest BCUT2D eigenvalue weighted by Crippen LogP contribution is -2.66. The molecule has 0 spiro atoms. The van der Waals surface area contributed by atoms with Gasteiger partial charge in [-0.25, -0.2) is 0 Å². The molecule has 1 aromatic carbocycles. The van der Waals surface area contributed by atoms with Crippen LogP contribution in [-0.4, -0.2) is 66.0 Å². The Bertz CT molecular complexity index is 590. The van der Waals surface area contributed by atoms with E-state index in [-0.39, 0.29) is 0 Å². The van der Waals surface area contributed by atoms with Gasteiger partial charge in [0.05, 0.1) is 20.3 Å². The van der Waals surface area contributed by atoms with Crippen molar-refractivity contribution in [3.8, 4) is 11.5 Å². The van der Waals surface area contributed by atoms with Crippen LogP contribution in [0, 0.1) is 0 Å². The van der Waals surface area contributed by atoms with E-state index in [1.807, 2.05) is 30.1 Å². The average Bonchev–Trinajstić information content (AvgIpc) is 2.90. The van der Waals surface area contributed by atoms with Crippen molar-refractivity contribution in [3.63, 3.8) is 0 Å². The number of likely N-dealkylation sites (tertiary alicyclic amines) is 1. The van der Waals surface area contributed by atoms with E-state index < -0.39 is 23.3 Å². The third kappa shape index (κ3) is 2.32. The molecule has 3 N–H and O–H groups in total. The van der Waals surface area contributed by atoms with Crippen LogP contribution in [0.5, 0.6) is 11.5 Å². The minimum absolute atomic E-state index is 0.353. The van der Waals surface area contributed by atoms with Gasteiger partial charge in [0.15, 0.2) is 11.5 Å². The van der Waals surface area contributed by atoms with Crippen LogP contribution >= 0.6 is 0 Å². The molecule has 0 amide bonds. The van der Waals surface area contributed by atoms with Gasteiger partial charge in [-0.15, -0.1) is 0 Å². The van der Waals surface area contributed by atoms with Crippen molar-refractivity contribution in [1.29, 1.82) is 0 Å². The molecule has 1 heterocycles. The number of hydrogen-bond donors (Lipinski definition) is 3. The predicted octanol–water partition coefficient (Wildman–Crippen LogP) is 0.481. The van der Waals surface area contributed by atoms with Gasteiger partial charge in [-0.3, -0.25) is 4.90 Å². The molecule has 2 aliphatic rings. The first-order chi connectivity index (χ1) is 10.9. The first-order valence-electron chi connectivity index (χ1n) is 7.92. The quantitative estimate of drug-likeness (QED) is 0.702. The molecular formula is C17H25NO5. The summed E-state index contributed by atoms with van der Waals surface area (Å²) < 4.78 is 10.7. The number of likely N-dealkylation sites (N-methyl/N-ethyl adjacent to an activating group) is 1. The Kier molecular flexibility index (Phi) is 4.04. The fourth-order valence-electron chi connectivity index (χ4n) is 4.44. The third-order valence-electron chi connectivity index (χ3n) is 5.59. The zero-order chi connectivity index (χ0) is 16.8. The summed E-state index contributed by atoms with van der Waals surface area (Å²) in [5, 5.41) is 31.2. The van der Waals surface area contributed by atoms with Crippen LogP contribution in [-0.2, 0) is 5.41 Å². The molecule has 1 aliphatic carbocycles. The van der Waals surface area contributed by atoms with Gasteiger partial charge in [0, 0.05) is 5.41 Å². The zero-order valence-corrected chi connectivity index (χ0v) is 13.8. The van der Waals surface area contributed by atoms with Gasteiger partial charge in [-0.05, 0) is 50.6 Å². The number of ether oxygens (including phenoxy) is 2. The molecule has 3 atom stereocenters. The summed E-state index contributed by atoms with van der Waals surface area (Å²) in [6.07, 6.45) is 0.716. The van der Waals surface area contributed by atoms with Crippen LogP contribution in [0.4, 0.5) is 0 Å². The van der Waals surface area contributed by atoms with E-state index in [1.54, 1.807) is 14.2 Å². The Morgan fingerprint density at radius 3 is 2.48 bits per heavy atom. The van der Waals surface area contributed by atoms with Crippen molar-refractivity contribution in [1.82, 2.24) is 4.90 Å². The van der Waals surface area contributed by atoms with Crippen LogP contribution < -0.4 is 9.47 Å². The highest BCUT2D eigenvalue weighted by Crippen LogP contribution is 2.52. The standard InChI is InChI=1S/C17H25NO5/c1-18-9-8-16(7-6-14(19)17(20,21)15(16)18)11-4-5-12(22-2)13(10-11)23-3/h4-5,10,14-15,19-21H,6-9H2,1-3H3/t14?,15?,16-/m0/s1. The molecule has 6 heteroatoms. The molecule has 1 saturated carbocycles. The Labute approximate surface area is 136 Å². The van der Waals surface area contributed by atoms with E-state index in [1.165, 1.54) is 0 Å². The molecular weight excluding hydrogens is 298 g/mol. The molecule has 1 saturated heterocycles. The number of benzene rings is 1. The molecule has 1 aromatic rings. The van der Waals surface area contributed by atoms with Crippen molar-refractivity contribution in [2.45, 2.75) is 42.6 Å². The smallest absolute Gasteiger partial charge is 0.206 e. The average molecular weight is 323 g/mol. The van der Waals surface area contributed by atoms with E-state index in [0.717, 1.165) is 18.5 Å². The topological polar surface area (TPSA) is 82.4 Å². The molecule has 2 fully saturated rings. The summed E-state index contributed by atoms with van der Waals surface area (Å²) in [6, 6.07) is 5.16. The Morgan fingerprint density at radius 1 is 1.13 bits per heavy atom. The Balaban J connectivity index is 2.09. The fraction of sp³-hybridized carbons (Fsp3) is 0.647. The van der Waals surface area contributed by atoms with E-state index in [4.69, 9.17) is 9.47 Å². The maximum atomic E-state index is 10.5. The van der Waals surface area contributed by atoms with E-state index in [2.05, 4.69) is 0 Å². The van der Waals surface area contributed by atoms with Gasteiger partial charge in [-0.2, -0.15) is 0 Å². The number of methoxy groups -OCH3 is 2. The lowest BCUT2D eigenvalue weighted by molar-refractivity contribution is -0.278. The van der Waals surface area contributed by atoms with Crippen molar-refractivity contribution in [2.24, 2.45) is 0 Å². The monoisotopic (exact) mass is 323 g/mol. The predicted molar refractivity (Wildman–Crippen MR) is 84.7 cm³/mol. The van der Waals surface area contributed by atoms with Crippen LogP contribution in [0.2, 0.25) is 0 Å². The molecule has 23 heavy (non-hydrogen) atoms. The minimum Gasteiger partial charge on any atom is -0.493 e. The van der Waals surface area contributed by atoms with Gasteiger partial charge in [0.2, 0.25) is 5.79 Å². The normalized spacial score (nSPS) is 33.3. The van der Waals surface area contributed by atoms with Gasteiger partial charge < -0.3 is 24.8 Å².